The monoisotopic (exact) mass is 198 g/mol. The molecular formula is C8H10N2O4. The van der Waals surface area contributed by atoms with Gasteiger partial charge in [0.05, 0.1) is 18.4 Å². The zero-order valence-corrected chi connectivity index (χ0v) is 7.62. The molecule has 1 aromatic rings. The number of aromatic amines is 1. The van der Waals surface area contributed by atoms with Gasteiger partial charge in [-0.15, -0.1) is 0 Å². The van der Waals surface area contributed by atoms with Crippen molar-refractivity contribution in [3.8, 4) is 0 Å². The zero-order valence-electron chi connectivity index (χ0n) is 7.62. The maximum Gasteiger partial charge on any atom is 0.360 e. The van der Waals surface area contributed by atoms with Crippen molar-refractivity contribution < 1.29 is 14.1 Å². The standard InChI is InChI=1S/C8H10N2O4/c1-13-8(12)5-2-4-6(3-9-5)10-14-7(4)11/h5,9-10H,2-3H2,1H3. The number of rotatable bonds is 1. The third kappa shape index (κ3) is 1.33. The van der Waals surface area contributed by atoms with Crippen molar-refractivity contribution in [3.63, 3.8) is 0 Å². The van der Waals surface area contributed by atoms with Gasteiger partial charge in [-0.1, -0.05) is 0 Å². The average Bonchev–Trinajstić information content (AvgIpc) is 2.59. The fourth-order valence-electron chi connectivity index (χ4n) is 1.51. The molecule has 0 saturated heterocycles. The molecular weight excluding hydrogens is 188 g/mol. The fourth-order valence-corrected chi connectivity index (χ4v) is 1.51. The minimum atomic E-state index is -0.453. The van der Waals surface area contributed by atoms with Crippen LogP contribution in [0, 0.1) is 0 Å². The number of hydrogen-bond donors (Lipinski definition) is 2. The molecule has 0 saturated carbocycles. The van der Waals surface area contributed by atoms with Crippen LogP contribution in [0.5, 0.6) is 0 Å². The highest BCUT2D eigenvalue weighted by atomic mass is 16.5. The number of esters is 1. The van der Waals surface area contributed by atoms with Crippen LogP contribution in [0.15, 0.2) is 9.32 Å². The predicted octanol–water partition coefficient (Wildman–Crippen LogP) is -0.845. The molecule has 0 aromatic carbocycles. The van der Waals surface area contributed by atoms with E-state index in [9.17, 15) is 9.59 Å². The summed E-state index contributed by atoms with van der Waals surface area (Å²) in [5.74, 6) is -0.365. The summed E-state index contributed by atoms with van der Waals surface area (Å²) in [6, 6.07) is -0.453. The van der Waals surface area contributed by atoms with E-state index in [0.717, 1.165) is 0 Å². The normalized spacial score (nSPS) is 20.2. The van der Waals surface area contributed by atoms with Crippen LogP contribution in [0.3, 0.4) is 0 Å². The molecule has 2 rings (SSSR count). The van der Waals surface area contributed by atoms with Crippen LogP contribution >= 0.6 is 0 Å². The highest BCUT2D eigenvalue weighted by Gasteiger charge is 2.28. The lowest BCUT2D eigenvalue weighted by molar-refractivity contribution is -0.143. The molecule has 6 heteroatoms. The van der Waals surface area contributed by atoms with Crippen LogP contribution in [-0.2, 0) is 22.5 Å². The van der Waals surface area contributed by atoms with Crippen LogP contribution in [0.1, 0.15) is 11.3 Å². The van der Waals surface area contributed by atoms with Gasteiger partial charge in [-0.2, -0.15) is 0 Å². The summed E-state index contributed by atoms with van der Waals surface area (Å²) >= 11 is 0. The quantitative estimate of drug-likeness (QED) is 0.574. The molecule has 0 fully saturated rings. The molecule has 1 aromatic heterocycles. The maximum absolute atomic E-state index is 11.2. The van der Waals surface area contributed by atoms with E-state index in [1.807, 2.05) is 0 Å². The summed E-state index contributed by atoms with van der Waals surface area (Å²) in [5, 5.41) is 5.44. The first-order valence-electron chi connectivity index (χ1n) is 4.23. The average molecular weight is 198 g/mol. The van der Waals surface area contributed by atoms with E-state index >= 15 is 0 Å². The molecule has 0 bridgehead atoms. The number of carbonyl (C=O) groups excluding carboxylic acids is 1. The molecule has 0 amide bonds. The molecule has 0 spiro atoms. The van der Waals surface area contributed by atoms with Crippen LogP contribution in [0.2, 0.25) is 0 Å². The molecule has 76 valence electrons. The van der Waals surface area contributed by atoms with E-state index in [1.165, 1.54) is 7.11 Å². The van der Waals surface area contributed by atoms with Gasteiger partial charge in [0.1, 0.15) is 6.04 Å². The van der Waals surface area contributed by atoms with E-state index in [1.54, 1.807) is 0 Å². The molecule has 6 nitrogen and oxygen atoms in total. The largest absolute Gasteiger partial charge is 0.468 e. The van der Waals surface area contributed by atoms with Crippen LogP contribution in [0.25, 0.3) is 0 Å². The number of nitrogens with one attached hydrogen (secondary N) is 2. The van der Waals surface area contributed by atoms with Gasteiger partial charge in [-0.05, 0) is 0 Å². The maximum atomic E-state index is 11.2. The Balaban J connectivity index is 2.24. The second kappa shape index (κ2) is 3.30. The van der Waals surface area contributed by atoms with Crippen molar-refractivity contribution >= 4 is 5.97 Å². The summed E-state index contributed by atoms with van der Waals surface area (Å²) in [5.41, 5.74) is 0.824. The van der Waals surface area contributed by atoms with Crippen molar-refractivity contribution in [2.24, 2.45) is 0 Å². The third-order valence-electron chi connectivity index (χ3n) is 2.30. The Morgan fingerprint density at radius 2 is 2.43 bits per heavy atom. The lowest BCUT2D eigenvalue weighted by Crippen LogP contribution is -2.43. The van der Waals surface area contributed by atoms with Crippen molar-refractivity contribution in [2.75, 3.05) is 7.11 Å². The van der Waals surface area contributed by atoms with Crippen molar-refractivity contribution in [1.82, 2.24) is 10.5 Å². The minimum absolute atomic E-state index is 0.313. The van der Waals surface area contributed by atoms with E-state index in [2.05, 4.69) is 19.7 Å². The van der Waals surface area contributed by atoms with Gasteiger partial charge in [0.25, 0.3) is 0 Å². The van der Waals surface area contributed by atoms with Gasteiger partial charge in [0.15, 0.2) is 0 Å². The smallest absolute Gasteiger partial charge is 0.360 e. The molecule has 2 heterocycles. The summed E-state index contributed by atoms with van der Waals surface area (Å²) in [7, 11) is 1.32. The van der Waals surface area contributed by atoms with Gasteiger partial charge in [-0.25, -0.2) is 9.95 Å². The van der Waals surface area contributed by atoms with E-state index < -0.39 is 11.7 Å². The highest BCUT2D eigenvalue weighted by Crippen LogP contribution is 2.11. The summed E-state index contributed by atoms with van der Waals surface area (Å²) < 4.78 is 9.18. The Labute approximate surface area is 79.2 Å². The molecule has 2 N–H and O–H groups in total. The second-order valence-electron chi connectivity index (χ2n) is 3.11. The lowest BCUT2D eigenvalue weighted by Gasteiger charge is -2.19. The SMILES string of the molecule is COC(=O)C1Cc2c([nH]oc2=O)CN1. The number of ether oxygens (including phenoxy) is 1. The molecule has 1 unspecified atom stereocenters. The Bertz CT molecular complexity index is 406. The van der Waals surface area contributed by atoms with Crippen molar-refractivity contribution in [3.05, 3.63) is 21.7 Å². The van der Waals surface area contributed by atoms with Gasteiger partial charge in [0.2, 0.25) is 0 Å². The summed E-state index contributed by atoms with van der Waals surface area (Å²) in [6.07, 6.45) is 0.313. The summed E-state index contributed by atoms with van der Waals surface area (Å²) in [4.78, 5) is 22.3. The fraction of sp³-hybridized carbons (Fsp3) is 0.500. The van der Waals surface area contributed by atoms with E-state index in [-0.39, 0.29) is 5.97 Å². The van der Waals surface area contributed by atoms with Gasteiger partial charge in [-0.3, -0.25) is 10.1 Å². The number of H-pyrrole nitrogens is 1. The predicted molar refractivity (Wildman–Crippen MR) is 45.7 cm³/mol. The Morgan fingerprint density at radius 3 is 3.14 bits per heavy atom. The molecule has 14 heavy (non-hydrogen) atoms. The van der Waals surface area contributed by atoms with Crippen LogP contribution in [-0.4, -0.2) is 24.3 Å². The Morgan fingerprint density at radius 1 is 1.64 bits per heavy atom. The minimum Gasteiger partial charge on any atom is -0.468 e. The van der Waals surface area contributed by atoms with Crippen molar-refractivity contribution in [1.29, 1.82) is 0 Å². The number of fused-ring (bicyclic) bond motifs is 1. The highest BCUT2D eigenvalue weighted by molar-refractivity contribution is 5.76. The first kappa shape index (κ1) is 9.01. The Kier molecular flexibility index (Phi) is 2.12. The molecule has 1 aliphatic rings. The lowest BCUT2D eigenvalue weighted by atomic mass is 10.0. The van der Waals surface area contributed by atoms with Gasteiger partial charge in [0, 0.05) is 13.0 Å². The topological polar surface area (TPSA) is 84.3 Å². The first-order valence-corrected chi connectivity index (χ1v) is 4.23. The molecule has 0 radical (unpaired) electrons. The number of hydrogen-bond acceptors (Lipinski definition) is 5. The number of aromatic nitrogens is 1. The Hall–Kier alpha value is -1.56. The number of carbonyl (C=O) groups is 1. The van der Waals surface area contributed by atoms with Gasteiger partial charge >= 0.3 is 11.6 Å². The van der Waals surface area contributed by atoms with E-state index in [4.69, 9.17) is 0 Å². The molecule has 0 aliphatic carbocycles. The molecule has 1 atom stereocenters. The number of methoxy groups -OCH3 is 1. The summed E-state index contributed by atoms with van der Waals surface area (Å²) in [6.45, 7) is 0.418. The van der Waals surface area contributed by atoms with Crippen LogP contribution < -0.4 is 10.9 Å². The van der Waals surface area contributed by atoms with E-state index in [0.29, 0.717) is 24.2 Å². The first-order chi connectivity index (χ1) is 6.72. The second-order valence-corrected chi connectivity index (χ2v) is 3.11. The zero-order chi connectivity index (χ0) is 10.1. The van der Waals surface area contributed by atoms with Gasteiger partial charge < -0.3 is 9.26 Å². The third-order valence-corrected chi connectivity index (χ3v) is 2.30. The van der Waals surface area contributed by atoms with Crippen LogP contribution in [0.4, 0.5) is 0 Å². The molecule has 1 aliphatic heterocycles. The van der Waals surface area contributed by atoms with Crippen molar-refractivity contribution in [2.45, 2.75) is 19.0 Å².